The van der Waals surface area contributed by atoms with E-state index in [0.29, 0.717) is 12.1 Å². The molecule has 0 fully saturated rings. The lowest BCUT2D eigenvalue weighted by atomic mass is 10.1. The van der Waals surface area contributed by atoms with E-state index < -0.39 is 38.0 Å². The van der Waals surface area contributed by atoms with Crippen LogP contribution < -0.4 is 0 Å². The van der Waals surface area contributed by atoms with E-state index in [4.69, 9.17) is 0 Å². The Morgan fingerprint density at radius 2 is 0.955 bits per heavy atom. The van der Waals surface area contributed by atoms with Gasteiger partial charge in [-0.3, -0.25) is 0 Å². The molecule has 0 saturated carbocycles. The molecule has 0 saturated heterocycles. The summed E-state index contributed by atoms with van der Waals surface area (Å²) in [5.74, 6) is 0. The molecule has 0 N–H and O–H groups in total. The lowest BCUT2D eigenvalue weighted by Crippen LogP contribution is -2.70. The third-order valence-corrected chi connectivity index (χ3v) is 5.05. The third kappa shape index (κ3) is 2.42. The Balaban J connectivity index is 3.96. The molecular formula is C10H5F9O2S. The van der Waals surface area contributed by atoms with Gasteiger partial charge in [0, 0.05) is 0 Å². The molecule has 0 atom stereocenters. The number of alkyl halides is 9. The van der Waals surface area contributed by atoms with Crippen molar-refractivity contribution in [1.29, 1.82) is 0 Å². The lowest BCUT2D eigenvalue weighted by Gasteiger charge is -2.37. The molecule has 1 aromatic carbocycles. The van der Waals surface area contributed by atoms with E-state index in [9.17, 15) is 47.9 Å². The van der Waals surface area contributed by atoms with E-state index in [0.717, 1.165) is 6.07 Å². The maximum absolute atomic E-state index is 12.7. The highest BCUT2D eigenvalue weighted by Gasteiger charge is 2.90. The molecule has 0 aliphatic carbocycles. The molecule has 0 unspecified atom stereocenters. The minimum Gasteiger partial charge on any atom is -0.222 e. The first-order chi connectivity index (χ1) is 9.61. The van der Waals surface area contributed by atoms with E-state index in [2.05, 4.69) is 0 Å². The van der Waals surface area contributed by atoms with Crippen LogP contribution in [0.1, 0.15) is 0 Å². The van der Waals surface area contributed by atoms with Crippen LogP contribution in [-0.2, 0) is 9.84 Å². The van der Waals surface area contributed by atoms with Crippen molar-refractivity contribution in [3.63, 3.8) is 0 Å². The summed E-state index contributed by atoms with van der Waals surface area (Å²) in [6, 6.07) is 2.83. The Kier molecular flexibility index (Phi) is 4.25. The number of benzene rings is 1. The normalized spacial score (nSPS) is 15.0. The van der Waals surface area contributed by atoms with Crippen LogP contribution in [0.5, 0.6) is 0 Å². The number of halogens is 9. The molecule has 0 heterocycles. The molecule has 0 aliphatic rings. The van der Waals surface area contributed by atoms with Crippen LogP contribution in [0.3, 0.4) is 0 Å². The van der Waals surface area contributed by atoms with Crippen molar-refractivity contribution in [2.45, 2.75) is 28.2 Å². The van der Waals surface area contributed by atoms with Crippen molar-refractivity contribution in [1.82, 2.24) is 0 Å². The average Bonchev–Trinajstić information content (AvgIpc) is 2.23. The molecule has 1 aromatic rings. The molecule has 0 spiro atoms. The second-order valence-electron chi connectivity index (χ2n) is 3.99. The maximum Gasteiger partial charge on any atom is 0.426 e. The van der Waals surface area contributed by atoms with Gasteiger partial charge in [-0.25, -0.2) is 8.42 Å². The van der Waals surface area contributed by atoms with Crippen LogP contribution in [0.25, 0.3) is 0 Å². The number of hydrogen-bond acceptors (Lipinski definition) is 2. The van der Waals surface area contributed by atoms with Gasteiger partial charge in [-0.2, -0.15) is 39.5 Å². The Morgan fingerprint density at radius 3 is 1.23 bits per heavy atom. The first-order valence-electron chi connectivity index (χ1n) is 5.10. The van der Waals surface area contributed by atoms with Gasteiger partial charge in [-0.1, -0.05) is 18.2 Å². The van der Waals surface area contributed by atoms with Crippen LogP contribution in [0.2, 0.25) is 0 Å². The van der Waals surface area contributed by atoms with E-state index in [1.165, 1.54) is 0 Å². The molecule has 0 aromatic heterocycles. The number of rotatable bonds is 2. The molecule has 126 valence electrons. The highest BCUT2D eigenvalue weighted by atomic mass is 32.2. The van der Waals surface area contributed by atoms with Crippen molar-refractivity contribution >= 4 is 9.84 Å². The summed E-state index contributed by atoms with van der Waals surface area (Å²) in [7, 11) is -6.91. The Labute approximate surface area is 117 Å². The summed E-state index contributed by atoms with van der Waals surface area (Å²) in [5.41, 5.74) is 0. The van der Waals surface area contributed by atoms with Crippen molar-refractivity contribution in [2.24, 2.45) is 0 Å². The van der Waals surface area contributed by atoms with Gasteiger partial charge in [-0.05, 0) is 12.1 Å². The standard InChI is InChI=1S/C10H5F9O2S/c11-8(12,13)7(9(14,15)16,10(17,18)19)22(20,21)6-4-2-1-3-5-6/h1-5H. The topological polar surface area (TPSA) is 34.1 Å². The molecule has 1 rings (SSSR count). The summed E-state index contributed by atoms with van der Waals surface area (Å²) in [4.78, 5) is -1.75. The van der Waals surface area contributed by atoms with Gasteiger partial charge in [0.15, 0.2) is 0 Å². The average molecular weight is 360 g/mol. The Bertz CT molecular complexity index is 589. The molecule has 0 bridgehead atoms. The van der Waals surface area contributed by atoms with E-state index >= 15 is 0 Å². The number of hydrogen-bond donors (Lipinski definition) is 0. The van der Waals surface area contributed by atoms with Gasteiger partial charge in [0.05, 0.1) is 4.90 Å². The lowest BCUT2D eigenvalue weighted by molar-refractivity contribution is -0.347. The zero-order valence-corrected chi connectivity index (χ0v) is 10.8. The molecule has 2 nitrogen and oxygen atoms in total. The van der Waals surface area contributed by atoms with E-state index in [1.54, 1.807) is 0 Å². The quantitative estimate of drug-likeness (QED) is 0.750. The highest BCUT2D eigenvalue weighted by molar-refractivity contribution is 7.93. The molecule has 0 aliphatic heterocycles. The molecule has 22 heavy (non-hydrogen) atoms. The summed E-state index contributed by atoms with van der Waals surface area (Å²) in [6.45, 7) is 0. The zero-order chi connectivity index (χ0) is 17.6. The SMILES string of the molecule is O=S(=O)(c1ccccc1)C(C(F)(F)F)(C(F)(F)F)C(F)(F)F. The van der Waals surface area contributed by atoms with Crippen molar-refractivity contribution in [3.8, 4) is 0 Å². The molecular weight excluding hydrogens is 355 g/mol. The second-order valence-corrected chi connectivity index (χ2v) is 6.08. The van der Waals surface area contributed by atoms with Gasteiger partial charge in [0.1, 0.15) is 0 Å². The first-order valence-corrected chi connectivity index (χ1v) is 6.59. The van der Waals surface area contributed by atoms with Crippen LogP contribution in [-0.4, -0.2) is 31.7 Å². The Morgan fingerprint density at radius 1 is 0.636 bits per heavy atom. The van der Waals surface area contributed by atoms with Crippen LogP contribution in [0, 0.1) is 0 Å². The maximum atomic E-state index is 12.7. The summed E-state index contributed by atoms with van der Waals surface area (Å²) < 4.78 is 131. The molecule has 0 amide bonds. The first kappa shape index (κ1) is 18.6. The smallest absolute Gasteiger partial charge is 0.222 e. The van der Waals surface area contributed by atoms with Gasteiger partial charge >= 0.3 is 23.3 Å². The monoisotopic (exact) mass is 360 g/mol. The van der Waals surface area contributed by atoms with Crippen molar-refractivity contribution in [2.75, 3.05) is 0 Å². The molecule has 0 radical (unpaired) electrons. The zero-order valence-electron chi connectivity index (χ0n) is 10.0. The van der Waals surface area contributed by atoms with E-state index in [-0.39, 0.29) is 12.1 Å². The van der Waals surface area contributed by atoms with Gasteiger partial charge < -0.3 is 0 Å². The fourth-order valence-electron chi connectivity index (χ4n) is 1.72. The van der Waals surface area contributed by atoms with Crippen molar-refractivity contribution in [3.05, 3.63) is 30.3 Å². The molecule has 12 heteroatoms. The largest absolute Gasteiger partial charge is 0.426 e. The predicted molar refractivity (Wildman–Crippen MR) is 54.5 cm³/mol. The summed E-state index contributed by atoms with van der Waals surface area (Å²) in [5, 5.41) is 0. The minimum atomic E-state index is -7.17. The second kappa shape index (κ2) is 5.03. The van der Waals surface area contributed by atoms with Gasteiger partial charge in [0.25, 0.3) is 0 Å². The third-order valence-electron chi connectivity index (χ3n) is 2.65. The van der Waals surface area contributed by atoms with Gasteiger partial charge in [0.2, 0.25) is 9.84 Å². The summed E-state index contributed by atoms with van der Waals surface area (Å²) >= 11 is 0. The van der Waals surface area contributed by atoms with Crippen LogP contribution >= 0.6 is 0 Å². The predicted octanol–water partition coefficient (Wildman–Crippen LogP) is 3.89. The number of sulfone groups is 1. The van der Waals surface area contributed by atoms with Crippen LogP contribution in [0.4, 0.5) is 39.5 Å². The Hall–Kier alpha value is -1.46. The highest BCUT2D eigenvalue weighted by Crippen LogP contribution is 2.58. The van der Waals surface area contributed by atoms with Crippen LogP contribution in [0.15, 0.2) is 35.2 Å². The van der Waals surface area contributed by atoms with Crippen molar-refractivity contribution < 1.29 is 47.9 Å². The van der Waals surface area contributed by atoms with E-state index in [1.807, 2.05) is 0 Å². The summed E-state index contributed by atoms with van der Waals surface area (Å²) in [6.07, 6.45) is -21.5. The fourth-order valence-corrected chi connectivity index (χ4v) is 3.50. The minimum absolute atomic E-state index is 0.216. The van der Waals surface area contributed by atoms with Gasteiger partial charge in [-0.15, -0.1) is 0 Å². The fraction of sp³-hybridized carbons (Fsp3) is 0.400.